The van der Waals surface area contributed by atoms with Gasteiger partial charge in [-0.2, -0.15) is 0 Å². The third-order valence-electron chi connectivity index (χ3n) is 4.34. The summed E-state index contributed by atoms with van der Waals surface area (Å²) in [5.74, 6) is 0.820. The lowest BCUT2D eigenvalue weighted by molar-refractivity contribution is 0.283. The molecule has 1 saturated carbocycles. The van der Waals surface area contributed by atoms with Crippen molar-refractivity contribution < 1.29 is 0 Å². The first-order valence-electron chi connectivity index (χ1n) is 7.61. The lowest BCUT2D eigenvalue weighted by atomic mass is 9.64. The third-order valence-corrected chi connectivity index (χ3v) is 4.34. The predicted octanol–water partition coefficient (Wildman–Crippen LogP) is 2.35. The number of hydrogen-bond acceptors (Lipinski definition) is 3. The van der Waals surface area contributed by atoms with Crippen molar-refractivity contribution in [1.82, 2.24) is 15.3 Å². The summed E-state index contributed by atoms with van der Waals surface area (Å²) in [7, 11) is 0. The first-order valence-corrected chi connectivity index (χ1v) is 7.61. The molecule has 1 heterocycles. The van der Waals surface area contributed by atoms with Gasteiger partial charge in [0.05, 0.1) is 11.1 Å². The van der Waals surface area contributed by atoms with Gasteiger partial charge in [-0.15, -0.1) is 0 Å². The Morgan fingerprint density at radius 3 is 2.67 bits per heavy atom. The summed E-state index contributed by atoms with van der Waals surface area (Å²) in [5.41, 5.74) is 1.90. The zero-order valence-electron chi connectivity index (χ0n) is 12.4. The number of benzene rings is 1. The van der Waals surface area contributed by atoms with Crippen LogP contribution in [0.15, 0.2) is 41.2 Å². The summed E-state index contributed by atoms with van der Waals surface area (Å²) in [6, 6.07) is 12.0. The molecule has 4 nitrogen and oxygen atoms in total. The lowest BCUT2D eigenvalue weighted by Crippen LogP contribution is -2.39. The Morgan fingerprint density at radius 2 is 2.05 bits per heavy atom. The summed E-state index contributed by atoms with van der Waals surface area (Å²) >= 11 is 0. The SMILES string of the molecule is CCNCc1cc(=O)[nH]c(C2(c3ccccc3)CCC2)n1. The van der Waals surface area contributed by atoms with Crippen LogP contribution in [0.3, 0.4) is 0 Å². The molecule has 3 rings (SSSR count). The van der Waals surface area contributed by atoms with Gasteiger partial charge in [0.2, 0.25) is 0 Å². The minimum absolute atomic E-state index is 0.0601. The molecule has 0 saturated heterocycles. The van der Waals surface area contributed by atoms with Crippen molar-refractivity contribution in [2.24, 2.45) is 0 Å². The number of rotatable bonds is 5. The molecule has 21 heavy (non-hydrogen) atoms. The normalized spacial score (nSPS) is 16.4. The fraction of sp³-hybridized carbons (Fsp3) is 0.412. The van der Waals surface area contributed by atoms with E-state index in [1.807, 2.05) is 13.0 Å². The predicted molar refractivity (Wildman–Crippen MR) is 83.3 cm³/mol. The van der Waals surface area contributed by atoms with Crippen LogP contribution in [0.4, 0.5) is 0 Å². The molecule has 0 aliphatic heterocycles. The van der Waals surface area contributed by atoms with Crippen molar-refractivity contribution in [3.8, 4) is 0 Å². The van der Waals surface area contributed by atoms with Gasteiger partial charge in [-0.1, -0.05) is 43.7 Å². The van der Waals surface area contributed by atoms with Gasteiger partial charge >= 0.3 is 0 Å². The zero-order chi connectivity index (χ0) is 14.7. The van der Waals surface area contributed by atoms with Gasteiger partial charge in [0, 0.05) is 12.6 Å². The van der Waals surface area contributed by atoms with Crippen LogP contribution < -0.4 is 10.9 Å². The molecule has 1 fully saturated rings. The maximum atomic E-state index is 12.0. The highest BCUT2D eigenvalue weighted by Gasteiger charge is 2.42. The Hall–Kier alpha value is -1.94. The van der Waals surface area contributed by atoms with Gasteiger partial charge in [-0.05, 0) is 24.9 Å². The van der Waals surface area contributed by atoms with Gasteiger partial charge in [-0.3, -0.25) is 4.79 Å². The van der Waals surface area contributed by atoms with Gasteiger partial charge in [0.25, 0.3) is 5.56 Å². The number of aromatic nitrogens is 2. The van der Waals surface area contributed by atoms with Gasteiger partial charge in [-0.25, -0.2) is 4.98 Å². The van der Waals surface area contributed by atoms with Crippen molar-refractivity contribution in [2.75, 3.05) is 6.54 Å². The van der Waals surface area contributed by atoms with Gasteiger partial charge in [0.15, 0.2) is 0 Å². The average Bonchev–Trinajstić information content (AvgIpc) is 2.45. The minimum Gasteiger partial charge on any atom is -0.311 e. The average molecular weight is 283 g/mol. The number of hydrogen-bond donors (Lipinski definition) is 2. The highest BCUT2D eigenvalue weighted by molar-refractivity contribution is 5.35. The second kappa shape index (κ2) is 5.82. The molecule has 1 aliphatic carbocycles. The lowest BCUT2D eigenvalue weighted by Gasteiger charge is -2.41. The fourth-order valence-corrected chi connectivity index (χ4v) is 3.03. The fourth-order valence-electron chi connectivity index (χ4n) is 3.03. The Labute approximate surface area is 124 Å². The van der Waals surface area contributed by atoms with Crippen molar-refractivity contribution >= 4 is 0 Å². The number of nitrogens with zero attached hydrogens (tertiary/aromatic N) is 1. The second-order valence-electron chi connectivity index (χ2n) is 5.67. The van der Waals surface area contributed by atoms with E-state index in [4.69, 9.17) is 4.98 Å². The molecule has 1 aromatic carbocycles. The van der Waals surface area contributed by atoms with Crippen LogP contribution in [0.5, 0.6) is 0 Å². The first-order chi connectivity index (χ1) is 10.2. The Morgan fingerprint density at radius 1 is 1.29 bits per heavy atom. The van der Waals surface area contributed by atoms with E-state index in [2.05, 4.69) is 34.6 Å². The number of H-pyrrole nitrogens is 1. The van der Waals surface area contributed by atoms with Crippen LogP contribution in [-0.2, 0) is 12.0 Å². The third kappa shape index (κ3) is 2.63. The van der Waals surface area contributed by atoms with Crippen molar-refractivity contribution in [3.05, 3.63) is 63.8 Å². The van der Waals surface area contributed by atoms with Crippen LogP contribution in [0.2, 0.25) is 0 Å². The number of nitrogens with one attached hydrogen (secondary N) is 2. The van der Waals surface area contributed by atoms with E-state index in [-0.39, 0.29) is 11.0 Å². The van der Waals surface area contributed by atoms with Crippen LogP contribution in [0.1, 0.15) is 43.3 Å². The van der Waals surface area contributed by atoms with Gasteiger partial charge in [0.1, 0.15) is 5.82 Å². The van der Waals surface area contributed by atoms with Gasteiger partial charge < -0.3 is 10.3 Å². The monoisotopic (exact) mass is 283 g/mol. The van der Waals surface area contributed by atoms with E-state index in [0.717, 1.165) is 30.9 Å². The highest BCUT2D eigenvalue weighted by Crippen LogP contribution is 2.47. The molecule has 2 aromatic rings. The molecule has 2 N–H and O–H groups in total. The number of aromatic amines is 1. The Balaban J connectivity index is 2.01. The van der Waals surface area contributed by atoms with Crippen molar-refractivity contribution in [3.63, 3.8) is 0 Å². The van der Waals surface area contributed by atoms with Crippen molar-refractivity contribution in [1.29, 1.82) is 0 Å². The largest absolute Gasteiger partial charge is 0.311 e. The molecule has 0 atom stereocenters. The van der Waals surface area contributed by atoms with E-state index in [0.29, 0.717) is 6.54 Å². The smallest absolute Gasteiger partial charge is 0.251 e. The summed E-state index contributed by atoms with van der Waals surface area (Å²) in [5, 5.41) is 3.23. The topological polar surface area (TPSA) is 57.8 Å². The minimum atomic E-state index is -0.108. The molecule has 0 amide bonds. The van der Waals surface area contributed by atoms with Crippen LogP contribution in [0, 0.1) is 0 Å². The molecule has 4 heteroatoms. The molecule has 0 bridgehead atoms. The first kappa shape index (κ1) is 14.0. The standard InChI is InChI=1S/C17H21N3O/c1-2-18-12-14-11-15(21)20-16(19-14)17(9-6-10-17)13-7-4-3-5-8-13/h3-5,7-8,11,18H,2,6,9-10,12H2,1H3,(H,19,20,21). The summed E-state index contributed by atoms with van der Waals surface area (Å²) in [6.07, 6.45) is 3.27. The summed E-state index contributed by atoms with van der Waals surface area (Å²) in [4.78, 5) is 19.7. The van der Waals surface area contributed by atoms with E-state index in [1.165, 1.54) is 12.0 Å². The van der Waals surface area contributed by atoms with Crippen LogP contribution in [0.25, 0.3) is 0 Å². The molecule has 0 radical (unpaired) electrons. The van der Waals surface area contributed by atoms with E-state index in [1.54, 1.807) is 6.07 Å². The zero-order valence-corrected chi connectivity index (χ0v) is 12.4. The highest BCUT2D eigenvalue weighted by atomic mass is 16.1. The molecule has 0 unspecified atom stereocenters. The maximum absolute atomic E-state index is 12.0. The summed E-state index contributed by atoms with van der Waals surface area (Å²) in [6.45, 7) is 3.55. The molecule has 1 aromatic heterocycles. The Kier molecular flexibility index (Phi) is 3.88. The van der Waals surface area contributed by atoms with Crippen LogP contribution >= 0.6 is 0 Å². The second-order valence-corrected chi connectivity index (χ2v) is 5.67. The van der Waals surface area contributed by atoms with Crippen LogP contribution in [-0.4, -0.2) is 16.5 Å². The van der Waals surface area contributed by atoms with E-state index in [9.17, 15) is 4.79 Å². The molecular formula is C17H21N3O. The molecule has 0 spiro atoms. The molecule has 110 valence electrons. The molecular weight excluding hydrogens is 262 g/mol. The maximum Gasteiger partial charge on any atom is 0.251 e. The van der Waals surface area contributed by atoms with E-state index < -0.39 is 0 Å². The molecule has 1 aliphatic rings. The Bertz CT molecular complexity index is 659. The van der Waals surface area contributed by atoms with E-state index >= 15 is 0 Å². The van der Waals surface area contributed by atoms with Crippen molar-refractivity contribution in [2.45, 2.75) is 38.1 Å². The quantitative estimate of drug-likeness (QED) is 0.885. The summed E-state index contributed by atoms with van der Waals surface area (Å²) < 4.78 is 0.